The molecule has 1 aromatic carbocycles. The van der Waals surface area contributed by atoms with E-state index in [1.54, 1.807) is 7.11 Å². The van der Waals surface area contributed by atoms with E-state index in [0.29, 0.717) is 19.8 Å². The van der Waals surface area contributed by atoms with Gasteiger partial charge in [-0.3, -0.25) is 0 Å². The number of methoxy groups -OCH3 is 1. The summed E-state index contributed by atoms with van der Waals surface area (Å²) in [5.41, 5.74) is 1.15. The van der Waals surface area contributed by atoms with E-state index >= 15 is 0 Å². The Morgan fingerprint density at radius 3 is 2.82 bits per heavy atom. The van der Waals surface area contributed by atoms with Crippen molar-refractivity contribution in [2.24, 2.45) is 0 Å². The summed E-state index contributed by atoms with van der Waals surface area (Å²) in [6, 6.07) is 6.01. The third kappa shape index (κ3) is 3.22. The number of halogens is 2. The smallest absolute Gasteiger partial charge is 0.133 e. The van der Waals surface area contributed by atoms with Gasteiger partial charge in [0.2, 0.25) is 0 Å². The van der Waals surface area contributed by atoms with Crippen LogP contribution in [0.5, 0.6) is 5.75 Å². The topological polar surface area (TPSA) is 27.7 Å². The molecule has 0 radical (unpaired) electrons. The van der Waals surface area contributed by atoms with Crippen LogP contribution < -0.4 is 4.74 Å². The van der Waals surface area contributed by atoms with Crippen molar-refractivity contribution in [2.45, 2.75) is 10.9 Å². The number of hydrogen-bond acceptors (Lipinski definition) is 3. The fourth-order valence-corrected chi connectivity index (χ4v) is 2.89. The van der Waals surface area contributed by atoms with E-state index in [1.807, 2.05) is 18.2 Å². The third-order valence-corrected chi connectivity index (χ3v) is 4.40. The highest BCUT2D eigenvalue weighted by molar-refractivity contribution is 9.10. The summed E-state index contributed by atoms with van der Waals surface area (Å²) in [6.45, 7) is 1.96. The maximum Gasteiger partial charge on any atom is 0.133 e. The lowest BCUT2D eigenvalue weighted by Crippen LogP contribution is -2.31. The van der Waals surface area contributed by atoms with Crippen LogP contribution in [0.3, 0.4) is 0 Å². The minimum absolute atomic E-state index is 0.0593. The fourth-order valence-electron chi connectivity index (χ4n) is 1.74. The van der Waals surface area contributed by atoms with Gasteiger partial charge in [0, 0.05) is 0 Å². The minimum atomic E-state index is 0.0593. The molecule has 0 bridgehead atoms. The van der Waals surface area contributed by atoms with Gasteiger partial charge in [-0.25, -0.2) is 0 Å². The number of benzene rings is 1. The Morgan fingerprint density at radius 1 is 1.41 bits per heavy atom. The molecular formula is C12H14Br2O3. The van der Waals surface area contributed by atoms with Crippen LogP contribution in [-0.4, -0.2) is 33.0 Å². The van der Waals surface area contributed by atoms with Crippen molar-refractivity contribution in [1.29, 1.82) is 0 Å². The van der Waals surface area contributed by atoms with Crippen molar-refractivity contribution in [3.8, 4) is 5.75 Å². The molecule has 5 heteroatoms. The van der Waals surface area contributed by atoms with Gasteiger partial charge < -0.3 is 14.2 Å². The fraction of sp³-hybridized carbons (Fsp3) is 0.500. The second kappa shape index (κ2) is 6.18. The lowest BCUT2D eigenvalue weighted by Gasteiger charge is -2.27. The molecule has 2 unspecified atom stereocenters. The average molecular weight is 366 g/mol. The van der Waals surface area contributed by atoms with Crippen LogP contribution in [0, 0.1) is 0 Å². The van der Waals surface area contributed by atoms with Crippen molar-refractivity contribution >= 4 is 31.9 Å². The van der Waals surface area contributed by atoms with Crippen LogP contribution in [0.15, 0.2) is 22.7 Å². The monoisotopic (exact) mass is 364 g/mol. The quantitative estimate of drug-likeness (QED) is 0.769. The van der Waals surface area contributed by atoms with Crippen molar-refractivity contribution in [2.75, 3.05) is 26.9 Å². The zero-order valence-electron chi connectivity index (χ0n) is 9.49. The molecule has 1 aliphatic rings. The lowest BCUT2D eigenvalue weighted by molar-refractivity contribution is -0.0876. The van der Waals surface area contributed by atoms with Crippen molar-refractivity contribution in [3.63, 3.8) is 0 Å². The molecule has 2 rings (SSSR count). The zero-order chi connectivity index (χ0) is 12.3. The van der Waals surface area contributed by atoms with E-state index in [1.165, 1.54) is 0 Å². The summed E-state index contributed by atoms with van der Waals surface area (Å²) in [6.07, 6.45) is 0.0593. The van der Waals surface area contributed by atoms with Crippen LogP contribution in [0.2, 0.25) is 0 Å². The number of rotatable bonds is 3. The van der Waals surface area contributed by atoms with Crippen LogP contribution in [-0.2, 0) is 9.47 Å². The first-order valence-corrected chi connectivity index (χ1v) is 7.10. The van der Waals surface area contributed by atoms with Crippen molar-refractivity contribution < 1.29 is 14.2 Å². The van der Waals surface area contributed by atoms with Crippen molar-refractivity contribution in [1.82, 2.24) is 0 Å². The van der Waals surface area contributed by atoms with Gasteiger partial charge in [-0.15, -0.1) is 0 Å². The van der Waals surface area contributed by atoms with E-state index < -0.39 is 0 Å². The second-order valence-electron chi connectivity index (χ2n) is 3.78. The highest BCUT2D eigenvalue weighted by atomic mass is 79.9. The number of ether oxygens (including phenoxy) is 3. The number of hydrogen-bond donors (Lipinski definition) is 0. The van der Waals surface area contributed by atoms with Gasteiger partial charge >= 0.3 is 0 Å². The zero-order valence-corrected chi connectivity index (χ0v) is 12.7. The van der Waals surface area contributed by atoms with Gasteiger partial charge in [0.15, 0.2) is 0 Å². The summed E-state index contributed by atoms with van der Waals surface area (Å²) in [5.74, 6) is 0.828. The first-order chi connectivity index (χ1) is 8.22. The standard InChI is InChI=1S/C12H14Br2O3/c1-15-10-3-2-8(6-9(10)13)12(14)11-7-16-4-5-17-11/h2-3,6,11-12H,4-5,7H2,1H3. The highest BCUT2D eigenvalue weighted by Crippen LogP contribution is 2.34. The van der Waals surface area contributed by atoms with Crippen LogP contribution in [0.1, 0.15) is 10.4 Å². The molecule has 0 aliphatic carbocycles. The molecule has 0 spiro atoms. The molecule has 3 nitrogen and oxygen atoms in total. The predicted molar refractivity (Wildman–Crippen MR) is 72.9 cm³/mol. The average Bonchev–Trinajstić information content (AvgIpc) is 2.39. The van der Waals surface area contributed by atoms with Gasteiger partial charge in [-0.05, 0) is 33.6 Å². The molecule has 0 saturated carbocycles. The third-order valence-electron chi connectivity index (χ3n) is 2.66. The number of alkyl halides is 1. The molecule has 1 aromatic rings. The van der Waals surface area contributed by atoms with Crippen LogP contribution >= 0.6 is 31.9 Å². The Bertz CT molecular complexity index is 378. The molecule has 94 valence electrons. The maximum atomic E-state index is 5.67. The van der Waals surface area contributed by atoms with Crippen LogP contribution in [0.4, 0.5) is 0 Å². The molecule has 1 aliphatic heterocycles. The van der Waals surface area contributed by atoms with E-state index in [2.05, 4.69) is 31.9 Å². The molecule has 17 heavy (non-hydrogen) atoms. The Balaban J connectivity index is 2.12. The molecule has 1 saturated heterocycles. The van der Waals surface area contributed by atoms with Gasteiger partial charge in [-0.1, -0.05) is 22.0 Å². The summed E-state index contributed by atoms with van der Waals surface area (Å²) in [7, 11) is 1.66. The van der Waals surface area contributed by atoms with Crippen LogP contribution in [0.25, 0.3) is 0 Å². The Labute approximate surface area is 118 Å². The van der Waals surface area contributed by atoms with E-state index in [9.17, 15) is 0 Å². The predicted octanol–water partition coefficient (Wildman–Crippen LogP) is 3.31. The van der Waals surface area contributed by atoms with E-state index in [4.69, 9.17) is 14.2 Å². The molecule has 0 N–H and O–H groups in total. The van der Waals surface area contributed by atoms with E-state index in [0.717, 1.165) is 15.8 Å². The summed E-state index contributed by atoms with van der Waals surface area (Å²) in [5, 5.41) is 0. The summed E-state index contributed by atoms with van der Waals surface area (Å²) < 4.78 is 17.2. The molecule has 1 fully saturated rings. The lowest BCUT2D eigenvalue weighted by atomic mass is 10.1. The molecular weight excluding hydrogens is 352 g/mol. The Kier molecular flexibility index (Phi) is 4.85. The maximum absolute atomic E-state index is 5.67. The molecule has 0 amide bonds. The summed E-state index contributed by atoms with van der Waals surface area (Å²) >= 11 is 7.14. The minimum Gasteiger partial charge on any atom is -0.496 e. The van der Waals surface area contributed by atoms with Gasteiger partial charge in [0.1, 0.15) is 5.75 Å². The largest absolute Gasteiger partial charge is 0.496 e. The van der Waals surface area contributed by atoms with E-state index in [-0.39, 0.29) is 10.9 Å². The SMILES string of the molecule is COc1ccc(C(Br)C2COCCO2)cc1Br. The first kappa shape index (κ1) is 13.3. The first-order valence-electron chi connectivity index (χ1n) is 5.39. The molecule has 1 heterocycles. The van der Waals surface area contributed by atoms with Gasteiger partial charge in [0.05, 0.1) is 42.3 Å². The Morgan fingerprint density at radius 2 is 2.24 bits per heavy atom. The highest BCUT2D eigenvalue weighted by Gasteiger charge is 2.24. The molecule has 0 aromatic heterocycles. The molecule has 2 atom stereocenters. The van der Waals surface area contributed by atoms with Gasteiger partial charge in [0.25, 0.3) is 0 Å². The normalized spacial score (nSPS) is 22.2. The Hall–Kier alpha value is -0.100. The summed E-state index contributed by atoms with van der Waals surface area (Å²) in [4.78, 5) is 0.130. The van der Waals surface area contributed by atoms with Crippen molar-refractivity contribution in [3.05, 3.63) is 28.2 Å². The second-order valence-corrected chi connectivity index (χ2v) is 5.62. The van der Waals surface area contributed by atoms with Gasteiger partial charge in [-0.2, -0.15) is 0 Å².